The van der Waals surface area contributed by atoms with Crippen molar-refractivity contribution in [2.75, 3.05) is 0 Å². The van der Waals surface area contributed by atoms with E-state index >= 15 is 0 Å². The van der Waals surface area contributed by atoms with Crippen LogP contribution in [0.3, 0.4) is 0 Å². The molecule has 0 aliphatic rings. The Kier molecular flexibility index (Phi) is 4.50. The first-order valence-corrected chi connectivity index (χ1v) is 6.92. The summed E-state index contributed by atoms with van der Waals surface area (Å²) < 4.78 is 1.71. The van der Waals surface area contributed by atoms with E-state index < -0.39 is 6.10 Å². The zero-order valence-electron chi connectivity index (χ0n) is 10.9. The van der Waals surface area contributed by atoms with Crippen molar-refractivity contribution in [1.29, 1.82) is 0 Å². The van der Waals surface area contributed by atoms with Crippen molar-refractivity contribution < 1.29 is 5.11 Å². The van der Waals surface area contributed by atoms with E-state index in [0.717, 1.165) is 23.4 Å². The largest absolute Gasteiger partial charge is 0.386 e. The van der Waals surface area contributed by atoms with Gasteiger partial charge in [-0.1, -0.05) is 42.3 Å². The first kappa shape index (κ1) is 14.4. The van der Waals surface area contributed by atoms with Crippen LogP contribution in [0, 0.1) is 0 Å². The third-order valence-corrected chi connectivity index (χ3v) is 3.97. The summed E-state index contributed by atoms with van der Waals surface area (Å²) in [6.45, 7) is 2.03. The standard InChI is InChI=1S/C14H16Cl2N2O/c1-3-10-8-12(18(2)17-10)13(19)7-9-5-4-6-11(15)14(9)16/h4-6,8,13,19H,3,7H2,1-2H3. The smallest absolute Gasteiger partial charge is 0.0997 e. The fourth-order valence-corrected chi connectivity index (χ4v) is 2.44. The lowest BCUT2D eigenvalue weighted by Crippen LogP contribution is -2.08. The van der Waals surface area contributed by atoms with Crippen LogP contribution in [0.4, 0.5) is 0 Å². The van der Waals surface area contributed by atoms with E-state index in [9.17, 15) is 5.11 Å². The molecule has 0 saturated heterocycles. The molecule has 0 saturated carbocycles. The molecule has 2 aromatic rings. The maximum atomic E-state index is 10.3. The van der Waals surface area contributed by atoms with Crippen LogP contribution in [0.5, 0.6) is 0 Å². The van der Waals surface area contributed by atoms with Gasteiger partial charge in [-0.2, -0.15) is 5.10 Å². The van der Waals surface area contributed by atoms with Crippen LogP contribution < -0.4 is 0 Å². The number of aryl methyl sites for hydroxylation is 2. The van der Waals surface area contributed by atoms with E-state index in [-0.39, 0.29) is 0 Å². The SMILES string of the molecule is CCc1cc(C(O)Cc2cccc(Cl)c2Cl)n(C)n1. The number of aromatic nitrogens is 2. The minimum atomic E-state index is -0.645. The van der Waals surface area contributed by atoms with Crippen LogP contribution >= 0.6 is 23.2 Å². The molecule has 0 aliphatic heterocycles. The maximum Gasteiger partial charge on any atom is 0.0997 e. The third kappa shape index (κ3) is 3.11. The van der Waals surface area contributed by atoms with Gasteiger partial charge in [-0.15, -0.1) is 0 Å². The number of rotatable bonds is 4. The van der Waals surface area contributed by atoms with Gasteiger partial charge in [0.05, 0.1) is 27.5 Å². The summed E-state index contributed by atoms with van der Waals surface area (Å²) in [5, 5.41) is 15.7. The van der Waals surface area contributed by atoms with Gasteiger partial charge in [-0.25, -0.2) is 0 Å². The fourth-order valence-electron chi connectivity index (χ4n) is 2.05. The van der Waals surface area contributed by atoms with Crippen LogP contribution in [0.25, 0.3) is 0 Å². The van der Waals surface area contributed by atoms with Crippen molar-refractivity contribution in [2.24, 2.45) is 7.05 Å². The van der Waals surface area contributed by atoms with Crippen LogP contribution in [-0.4, -0.2) is 14.9 Å². The van der Waals surface area contributed by atoms with E-state index in [1.807, 2.05) is 32.2 Å². The molecule has 1 aromatic carbocycles. The normalized spacial score (nSPS) is 12.7. The van der Waals surface area contributed by atoms with Gasteiger partial charge in [-0.3, -0.25) is 4.68 Å². The number of hydrogen-bond acceptors (Lipinski definition) is 2. The van der Waals surface area contributed by atoms with Gasteiger partial charge in [0.15, 0.2) is 0 Å². The van der Waals surface area contributed by atoms with E-state index in [4.69, 9.17) is 23.2 Å². The molecule has 1 atom stereocenters. The molecule has 1 unspecified atom stereocenters. The van der Waals surface area contributed by atoms with E-state index in [1.54, 1.807) is 10.7 Å². The molecule has 102 valence electrons. The van der Waals surface area contributed by atoms with Gasteiger partial charge in [0.2, 0.25) is 0 Å². The van der Waals surface area contributed by atoms with Gasteiger partial charge in [0.25, 0.3) is 0 Å². The lowest BCUT2D eigenvalue weighted by atomic mass is 10.1. The Morgan fingerprint density at radius 3 is 2.74 bits per heavy atom. The highest BCUT2D eigenvalue weighted by Crippen LogP contribution is 2.29. The number of aliphatic hydroxyl groups excluding tert-OH is 1. The zero-order valence-corrected chi connectivity index (χ0v) is 12.4. The lowest BCUT2D eigenvalue weighted by Gasteiger charge is -2.12. The van der Waals surface area contributed by atoms with Crippen molar-refractivity contribution in [1.82, 2.24) is 9.78 Å². The minimum absolute atomic E-state index is 0.419. The Labute approximate surface area is 122 Å². The number of aliphatic hydroxyl groups is 1. The molecule has 3 nitrogen and oxygen atoms in total. The Bertz CT molecular complexity index is 581. The Morgan fingerprint density at radius 2 is 2.11 bits per heavy atom. The second-order valence-corrected chi connectivity index (χ2v) is 5.26. The number of hydrogen-bond donors (Lipinski definition) is 1. The minimum Gasteiger partial charge on any atom is -0.386 e. The highest BCUT2D eigenvalue weighted by Gasteiger charge is 2.16. The molecule has 0 amide bonds. The molecule has 5 heteroatoms. The second-order valence-electron chi connectivity index (χ2n) is 4.47. The molecule has 1 aromatic heterocycles. The molecule has 0 radical (unpaired) electrons. The number of nitrogens with zero attached hydrogens (tertiary/aromatic N) is 2. The topological polar surface area (TPSA) is 38.0 Å². The predicted molar refractivity (Wildman–Crippen MR) is 77.7 cm³/mol. The average molecular weight is 299 g/mol. The van der Waals surface area contributed by atoms with Gasteiger partial charge >= 0.3 is 0 Å². The first-order chi connectivity index (χ1) is 9.02. The fraction of sp³-hybridized carbons (Fsp3) is 0.357. The van der Waals surface area contributed by atoms with Gasteiger partial charge < -0.3 is 5.11 Å². The maximum absolute atomic E-state index is 10.3. The second kappa shape index (κ2) is 5.95. The summed E-state index contributed by atoms with van der Waals surface area (Å²) in [6, 6.07) is 7.35. The number of halogens is 2. The first-order valence-electron chi connectivity index (χ1n) is 6.16. The van der Waals surface area contributed by atoms with Crippen LogP contribution in [0.1, 0.15) is 30.0 Å². The zero-order chi connectivity index (χ0) is 14.0. The molecule has 0 aliphatic carbocycles. The molecular formula is C14H16Cl2N2O. The monoisotopic (exact) mass is 298 g/mol. The molecule has 19 heavy (non-hydrogen) atoms. The van der Waals surface area contributed by atoms with Crippen molar-refractivity contribution in [3.05, 3.63) is 51.3 Å². The molecule has 0 fully saturated rings. The van der Waals surface area contributed by atoms with Gasteiger partial charge in [0, 0.05) is 13.5 Å². The molecule has 1 heterocycles. The average Bonchev–Trinajstić information content (AvgIpc) is 2.76. The van der Waals surface area contributed by atoms with Crippen molar-refractivity contribution >= 4 is 23.2 Å². The summed E-state index contributed by atoms with van der Waals surface area (Å²) in [6.07, 6.45) is 0.620. The van der Waals surface area contributed by atoms with Gasteiger partial charge in [-0.05, 0) is 24.1 Å². The Hall–Kier alpha value is -1.03. The van der Waals surface area contributed by atoms with Crippen molar-refractivity contribution in [3.63, 3.8) is 0 Å². The quantitative estimate of drug-likeness (QED) is 0.937. The summed E-state index contributed by atoms with van der Waals surface area (Å²) in [4.78, 5) is 0. The number of benzene rings is 1. The third-order valence-electron chi connectivity index (χ3n) is 3.12. The lowest BCUT2D eigenvalue weighted by molar-refractivity contribution is 0.168. The molecule has 2 rings (SSSR count). The molecule has 0 bridgehead atoms. The van der Waals surface area contributed by atoms with Crippen LogP contribution in [0.2, 0.25) is 10.0 Å². The summed E-state index contributed by atoms with van der Waals surface area (Å²) in [5.74, 6) is 0. The van der Waals surface area contributed by atoms with E-state index in [0.29, 0.717) is 16.5 Å². The van der Waals surface area contributed by atoms with Crippen LogP contribution in [0.15, 0.2) is 24.3 Å². The highest BCUT2D eigenvalue weighted by atomic mass is 35.5. The van der Waals surface area contributed by atoms with Crippen LogP contribution in [-0.2, 0) is 19.9 Å². The Balaban J connectivity index is 2.22. The molecule has 0 spiro atoms. The summed E-state index contributed by atoms with van der Waals surface area (Å²) in [7, 11) is 1.83. The molecule has 1 N–H and O–H groups in total. The van der Waals surface area contributed by atoms with Crippen molar-refractivity contribution in [2.45, 2.75) is 25.9 Å². The van der Waals surface area contributed by atoms with Gasteiger partial charge in [0.1, 0.15) is 0 Å². The molecular weight excluding hydrogens is 283 g/mol. The van der Waals surface area contributed by atoms with E-state index in [1.165, 1.54) is 0 Å². The summed E-state index contributed by atoms with van der Waals surface area (Å²) in [5.41, 5.74) is 2.59. The van der Waals surface area contributed by atoms with E-state index in [2.05, 4.69) is 5.10 Å². The predicted octanol–water partition coefficient (Wildman–Crippen LogP) is 3.57. The Morgan fingerprint density at radius 1 is 1.37 bits per heavy atom. The van der Waals surface area contributed by atoms with Crippen molar-refractivity contribution in [3.8, 4) is 0 Å². The highest BCUT2D eigenvalue weighted by molar-refractivity contribution is 6.42. The summed E-state index contributed by atoms with van der Waals surface area (Å²) >= 11 is 12.1.